The number of anilines is 1. The number of carbonyl (C=O) groups is 1. The third-order valence-corrected chi connectivity index (χ3v) is 6.04. The number of hydrogen-bond acceptors (Lipinski definition) is 6. The molecule has 0 radical (unpaired) electrons. The second-order valence-electron chi connectivity index (χ2n) is 6.26. The van der Waals surface area contributed by atoms with Gasteiger partial charge >= 0.3 is 0 Å². The van der Waals surface area contributed by atoms with E-state index in [1.807, 2.05) is 30.3 Å². The zero-order valence-corrected chi connectivity index (χ0v) is 17.3. The van der Waals surface area contributed by atoms with Crippen LogP contribution in [-0.4, -0.2) is 35.0 Å². The van der Waals surface area contributed by atoms with Crippen LogP contribution in [0.1, 0.15) is 29.4 Å². The molecule has 2 heterocycles. The number of carbonyl (C=O) groups excluding carboxylic acids is 1. The molecule has 1 amide bonds. The average molecular weight is 431 g/mol. The summed E-state index contributed by atoms with van der Waals surface area (Å²) in [7, 11) is -3.70. The van der Waals surface area contributed by atoms with Crippen molar-refractivity contribution in [2.75, 3.05) is 10.7 Å². The highest BCUT2D eigenvalue weighted by Gasteiger charge is 2.26. The molecule has 3 aromatic rings. The van der Waals surface area contributed by atoms with E-state index in [4.69, 9.17) is 11.6 Å². The molecule has 0 N–H and O–H groups in total. The van der Waals surface area contributed by atoms with Gasteiger partial charge in [-0.05, 0) is 24.1 Å². The van der Waals surface area contributed by atoms with Crippen molar-refractivity contribution in [1.82, 2.24) is 15.0 Å². The molecule has 150 valence electrons. The van der Waals surface area contributed by atoms with Gasteiger partial charge in [-0.15, -0.1) is 0 Å². The van der Waals surface area contributed by atoms with Crippen molar-refractivity contribution >= 4 is 33.0 Å². The van der Waals surface area contributed by atoms with Crippen molar-refractivity contribution < 1.29 is 13.2 Å². The van der Waals surface area contributed by atoms with Crippen LogP contribution in [0.4, 0.5) is 5.69 Å². The van der Waals surface area contributed by atoms with Gasteiger partial charge in [0.25, 0.3) is 5.91 Å². The highest BCUT2D eigenvalue weighted by molar-refractivity contribution is 7.91. The van der Waals surface area contributed by atoms with Gasteiger partial charge in [-0.3, -0.25) is 9.78 Å². The summed E-state index contributed by atoms with van der Waals surface area (Å²) in [5, 5.41) is -0.426. The number of hydrogen-bond donors (Lipinski definition) is 0. The molecule has 29 heavy (non-hydrogen) atoms. The normalized spacial score (nSPS) is 11.2. The molecule has 9 heteroatoms. The quantitative estimate of drug-likeness (QED) is 0.532. The van der Waals surface area contributed by atoms with Crippen LogP contribution < -0.4 is 4.90 Å². The van der Waals surface area contributed by atoms with Gasteiger partial charge in [0, 0.05) is 6.20 Å². The lowest BCUT2D eigenvalue weighted by Crippen LogP contribution is -2.32. The summed E-state index contributed by atoms with van der Waals surface area (Å²) in [6, 6.07) is 12.8. The van der Waals surface area contributed by atoms with E-state index in [1.165, 1.54) is 4.90 Å². The van der Waals surface area contributed by atoms with Gasteiger partial charge in [-0.2, -0.15) is 0 Å². The Morgan fingerprint density at radius 2 is 1.86 bits per heavy atom. The summed E-state index contributed by atoms with van der Waals surface area (Å²) in [6.07, 6.45) is 4.70. The lowest BCUT2D eigenvalue weighted by Gasteiger charge is -2.22. The molecule has 7 nitrogen and oxygen atoms in total. The van der Waals surface area contributed by atoms with Gasteiger partial charge < -0.3 is 4.90 Å². The van der Waals surface area contributed by atoms with E-state index in [9.17, 15) is 13.2 Å². The van der Waals surface area contributed by atoms with Gasteiger partial charge in [0.2, 0.25) is 15.0 Å². The predicted octanol–water partition coefficient (Wildman–Crippen LogP) is 3.56. The number of rotatable bonds is 7. The summed E-state index contributed by atoms with van der Waals surface area (Å²) in [4.78, 5) is 26.7. The maximum absolute atomic E-state index is 13.3. The fourth-order valence-electron chi connectivity index (χ4n) is 2.70. The van der Waals surface area contributed by atoms with Crippen LogP contribution in [0.25, 0.3) is 0 Å². The first-order chi connectivity index (χ1) is 13.9. The van der Waals surface area contributed by atoms with E-state index in [0.29, 0.717) is 12.1 Å². The number of aromatic nitrogens is 3. The van der Waals surface area contributed by atoms with Crippen molar-refractivity contribution in [2.45, 2.75) is 25.0 Å². The molecule has 2 aromatic heterocycles. The maximum Gasteiger partial charge on any atom is 0.278 e. The third kappa shape index (κ3) is 4.96. The van der Waals surface area contributed by atoms with Gasteiger partial charge in [0.05, 0.1) is 35.4 Å². The van der Waals surface area contributed by atoms with Gasteiger partial charge in [0.1, 0.15) is 0 Å². The number of nitrogens with zero attached hydrogens (tertiary/aromatic N) is 4. The molecule has 1 aromatic carbocycles. The highest BCUT2D eigenvalue weighted by atomic mass is 35.5. The van der Waals surface area contributed by atoms with Crippen LogP contribution in [0, 0.1) is 0 Å². The Morgan fingerprint density at radius 1 is 1.10 bits per heavy atom. The zero-order valence-electron chi connectivity index (χ0n) is 15.7. The highest BCUT2D eigenvalue weighted by Crippen LogP contribution is 2.23. The lowest BCUT2D eigenvalue weighted by molar-refractivity contribution is 0.0979. The molecular weight excluding hydrogens is 412 g/mol. The Balaban J connectivity index is 2.04. The molecular formula is C20H19ClN4O3S. The van der Waals surface area contributed by atoms with Crippen molar-refractivity contribution in [3.8, 4) is 0 Å². The average Bonchev–Trinajstić information content (AvgIpc) is 2.73. The van der Waals surface area contributed by atoms with Crippen molar-refractivity contribution in [3.05, 3.63) is 77.3 Å². The molecule has 0 aliphatic heterocycles. The van der Waals surface area contributed by atoms with Crippen LogP contribution in [0.2, 0.25) is 5.02 Å². The molecule has 0 saturated heterocycles. The second-order valence-corrected chi connectivity index (χ2v) is 8.67. The van der Waals surface area contributed by atoms with Crippen molar-refractivity contribution in [3.63, 3.8) is 0 Å². The predicted molar refractivity (Wildman–Crippen MR) is 111 cm³/mol. The zero-order chi connectivity index (χ0) is 20.9. The van der Waals surface area contributed by atoms with Gasteiger partial charge in [-0.1, -0.05) is 48.9 Å². The first-order valence-corrected chi connectivity index (χ1v) is 11.0. The van der Waals surface area contributed by atoms with Crippen LogP contribution in [0.5, 0.6) is 0 Å². The van der Waals surface area contributed by atoms with Crippen molar-refractivity contribution in [2.24, 2.45) is 0 Å². The van der Waals surface area contributed by atoms with E-state index in [2.05, 4.69) is 15.0 Å². The molecule has 0 spiro atoms. The molecule has 0 bridgehead atoms. The Kier molecular flexibility index (Phi) is 6.56. The van der Waals surface area contributed by atoms with Crippen LogP contribution >= 0.6 is 11.6 Å². The molecule has 0 saturated carbocycles. The van der Waals surface area contributed by atoms with Crippen LogP contribution in [0.15, 0.2) is 66.2 Å². The first kappa shape index (κ1) is 20.9. The maximum atomic E-state index is 13.3. The Bertz CT molecular complexity index is 1090. The topological polar surface area (TPSA) is 93.1 Å². The molecule has 0 aliphatic carbocycles. The van der Waals surface area contributed by atoms with Gasteiger partial charge in [0.15, 0.2) is 5.69 Å². The number of amides is 1. The minimum absolute atomic E-state index is 0.0209. The second kappa shape index (κ2) is 9.11. The summed E-state index contributed by atoms with van der Waals surface area (Å²) in [5.41, 5.74) is 1.25. The molecule has 0 unspecified atom stereocenters. The number of halogens is 1. The SMILES string of the molecule is CCCS(=O)(=O)c1ncc(Cl)c(C(=O)N(Cc2ccccc2)c2cccnc2)n1. The standard InChI is InChI=1S/C20H19ClN4O3S/c1-2-11-29(27,28)20-23-13-17(21)18(24-20)19(26)25(16-9-6-10-22-12-16)14-15-7-4-3-5-8-15/h3-10,12-13H,2,11,14H2,1H3. The minimum atomic E-state index is -3.70. The fourth-order valence-corrected chi connectivity index (χ4v) is 4.03. The van der Waals surface area contributed by atoms with E-state index < -0.39 is 20.9 Å². The van der Waals surface area contributed by atoms with Crippen LogP contribution in [-0.2, 0) is 16.4 Å². The smallest absolute Gasteiger partial charge is 0.278 e. The molecule has 0 aliphatic rings. The van der Waals surface area contributed by atoms with E-state index in [1.54, 1.807) is 31.5 Å². The van der Waals surface area contributed by atoms with E-state index in [0.717, 1.165) is 11.8 Å². The Morgan fingerprint density at radius 3 is 2.52 bits per heavy atom. The Hall–Kier alpha value is -2.84. The summed E-state index contributed by atoms with van der Waals surface area (Å²) in [5.74, 6) is -0.652. The summed E-state index contributed by atoms with van der Waals surface area (Å²) in [6.45, 7) is 1.98. The molecule has 0 fully saturated rings. The largest absolute Gasteiger partial charge is 0.301 e. The van der Waals surface area contributed by atoms with Crippen molar-refractivity contribution in [1.29, 1.82) is 0 Å². The number of benzene rings is 1. The fraction of sp³-hybridized carbons (Fsp3) is 0.200. The third-order valence-electron chi connectivity index (χ3n) is 4.06. The summed E-state index contributed by atoms with van der Waals surface area (Å²) < 4.78 is 24.7. The number of pyridine rings is 1. The monoisotopic (exact) mass is 430 g/mol. The lowest BCUT2D eigenvalue weighted by atomic mass is 10.2. The Labute approximate surface area is 174 Å². The summed E-state index contributed by atoms with van der Waals surface area (Å²) >= 11 is 6.17. The molecule has 0 atom stereocenters. The minimum Gasteiger partial charge on any atom is -0.301 e. The van der Waals surface area contributed by atoms with E-state index in [-0.39, 0.29) is 23.0 Å². The van der Waals surface area contributed by atoms with E-state index >= 15 is 0 Å². The van der Waals surface area contributed by atoms with Crippen LogP contribution in [0.3, 0.4) is 0 Å². The van der Waals surface area contributed by atoms with Gasteiger partial charge in [-0.25, -0.2) is 18.4 Å². The first-order valence-electron chi connectivity index (χ1n) is 8.93. The number of sulfone groups is 1. The molecule has 3 rings (SSSR count).